The fourth-order valence-corrected chi connectivity index (χ4v) is 4.68. The Labute approximate surface area is 166 Å². The summed E-state index contributed by atoms with van der Waals surface area (Å²) in [5, 5.41) is 6.21. The van der Waals surface area contributed by atoms with Crippen LogP contribution in [0.5, 0.6) is 0 Å². The van der Waals surface area contributed by atoms with Gasteiger partial charge >= 0.3 is 0 Å². The molecule has 0 fully saturated rings. The van der Waals surface area contributed by atoms with Crippen LogP contribution in [0.2, 0.25) is 5.02 Å². The van der Waals surface area contributed by atoms with Crippen LogP contribution in [0, 0.1) is 6.92 Å². The van der Waals surface area contributed by atoms with Crippen LogP contribution in [-0.4, -0.2) is 33.8 Å². The molecule has 3 heterocycles. The molecular formula is C19H20ClN5OS. The number of carbonyl (C=O) groups is 1. The van der Waals surface area contributed by atoms with Gasteiger partial charge in [0.2, 0.25) is 5.91 Å². The fourth-order valence-electron chi connectivity index (χ4n) is 3.29. The molecule has 8 heteroatoms. The number of carbonyl (C=O) groups excluding carboxylic acids is 1. The number of benzene rings is 1. The minimum atomic E-state index is -0.385. The first-order valence-corrected chi connectivity index (χ1v) is 9.99. The molecule has 0 radical (unpaired) electrons. The van der Waals surface area contributed by atoms with Gasteiger partial charge in [0.1, 0.15) is 0 Å². The summed E-state index contributed by atoms with van der Waals surface area (Å²) in [6.07, 6.45) is 5.56. The molecule has 0 spiro atoms. The second kappa shape index (κ2) is 7.32. The summed E-state index contributed by atoms with van der Waals surface area (Å²) in [6, 6.07) is 5.80. The van der Waals surface area contributed by atoms with Crippen LogP contribution in [0.3, 0.4) is 0 Å². The summed E-state index contributed by atoms with van der Waals surface area (Å²) in [6.45, 7) is 4.38. The van der Waals surface area contributed by atoms with Crippen molar-refractivity contribution in [1.82, 2.24) is 14.8 Å². The van der Waals surface area contributed by atoms with E-state index < -0.39 is 0 Å². The van der Waals surface area contributed by atoms with Crippen molar-refractivity contribution in [3.8, 4) is 0 Å². The number of rotatable bonds is 5. The minimum absolute atomic E-state index is 0.141. The molecule has 2 aromatic heterocycles. The van der Waals surface area contributed by atoms with Gasteiger partial charge in [-0.25, -0.2) is 4.98 Å². The number of thiazole rings is 1. The third-order valence-corrected chi connectivity index (χ3v) is 5.84. The molecule has 0 saturated carbocycles. The number of primary amides is 1. The fraction of sp³-hybridized carbons (Fsp3) is 0.316. The van der Waals surface area contributed by atoms with E-state index in [0.717, 1.165) is 46.1 Å². The quantitative estimate of drug-likeness (QED) is 0.665. The lowest BCUT2D eigenvalue weighted by Crippen LogP contribution is -2.26. The number of hydrogen-bond acceptors (Lipinski definition) is 5. The number of nitrogens with zero attached hydrogens (tertiary/aromatic N) is 4. The highest BCUT2D eigenvalue weighted by Gasteiger charge is 2.17. The summed E-state index contributed by atoms with van der Waals surface area (Å²) in [5.41, 5.74) is 8.90. The highest BCUT2D eigenvalue weighted by Crippen LogP contribution is 2.34. The van der Waals surface area contributed by atoms with Gasteiger partial charge in [-0.15, -0.1) is 0 Å². The number of anilines is 1. The lowest BCUT2D eigenvalue weighted by atomic mass is 10.2. The Kier molecular flexibility index (Phi) is 4.88. The van der Waals surface area contributed by atoms with Crippen molar-refractivity contribution >= 4 is 44.2 Å². The van der Waals surface area contributed by atoms with Crippen LogP contribution in [0.25, 0.3) is 10.2 Å². The van der Waals surface area contributed by atoms with Crippen LogP contribution < -0.4 is 10.6 Å². The molecule has 27 heavy (non-hydrogen) atoms. The molecule has 1 amide bonds. The number of amides is 1. The highest BCUT2D eigenvalue weighted by atomic mass is 35.5. The van der Waals surface area contributed by atoms with Crippen molar-refractivity contribution in [3.63, 3.8) is 0 Å². The molecule has 1 aromatic carbocycles. The van der Waals surface area contributed by atoms with E-state index in [4.69, 9.17) is 22.3 Å². The average Bonchev–Trinajstić information content (AvgIpc) is 3.19. The Morgan fingerprint density at radius 2 is 2.19 bits per heavy atom. The molecule has 2 N–H and O–H groups in total. The van der Waals surface area contributed by atoms with Crippen LogP contribution in [0.4, 0.5) is 5.13 Å². The summed E-state index contributed by atoms with van der Waals surface area (Å²) >= 11 is 8.03. The van der Waals surface area contributed by atoms with Gasteiger partial charge in [0, 0.05) is 29.4 Å². The van der Waals surface area contributed by atoms with E-state index in [1.165, 1.54) is 0 Å². The number of fused-ring (bicyclic) bond motifs is 1. The molecule has 0 saturated heterocycles. The molecule has 4 rings (SSSR count). The predicted molar refractivity (Wildman–Crippen MR) is 110 cm³/mol. The van der Waals surface area contributed by atoms with Gasteiger partial charge in [-0.1, -0.05) is 35.1 Å². The van der Waals surface area contributed by atoms with Gasteiger partial charge in [-0.2, -0.15) is 5.10 Å². The Balaban J connectivity index is 1.69. The zero-order valence-electron chi connectivity index (χ0n) is 15.0. The Morgan fingerprint density at radius 1 is 1.33 bits per heavy atom. The van der Waals surface area contributed by atoms with Crippen molar-refractivity contribution in [3.05, 3.63) is 52.3 Å². The highest BCUT2D eigenvalue weighted by molar-refractivity contribution is 7.22. The van der Waals surface area contributed by atoms with E-state index >= 15 is 0 Å². The van der Waals surface area contributed by atoms with Gasteiger partial charge in [-0.05, 0) is 31.5 Å². The van der Waals surface area contributed by atoms with Gasteiger partial charge < -0.3 is 10.6 Å². The van der Waals surface area contributed by atoms with E-state index in [0.29, 0.717) is 17.3 Å². The normalized spacial score (nSPS) is 14.2. The first-order valence-electron chi connectivity index (χ1n) is 8.80. The molecule has 0 atom stereocenters. The zero-order valence-corrected chi connectivity index (χ0v) is 16.6. The zero-order chi connectivity index (χ0) is 19.0. The van der Waals surface area contributed by atoms with E-state index in [2.05, 4.69) is 22.2 Å². The summed E-state index contributed by atoms with van der Waals surface area (Å²) in [4.78, 5) is 18.3. The standard InChI is InChI=1S/C19H20ClN5OS/c1-12-7-15(10-17(21)26)23-25(12)11-13-8-14(20)9-16-18(13)22-19(27-16)24-5-3-2-4-6-24/h2-3,7-9H,4-6,10-11H2,1H3,(H2,21,26). The van der Waals surface area contributed by atoms with Crippen molar-refractivity contribution in [2.45, 2.75) is 26.3 Å². The maximum absolute atomic E-state index is 11.2. The van der Waals surface area contributed by atoms with Crippen LogP contribution in [-0.2, 0) is 17.8 Å². The van der Waals surface area contributed by atoms with Crippen LogP contribution >= 0.6 is 22.9 Å². The lowest BCUT2D eigenvalue weighted by Gasteiger charge is -2.22. The van der Waals surface area contributed by atoms with Crippen molar-refractivity contribution in [1.29, 1.82) is 0 Å². The van der Waals surface area contributed by atoms with Crippen LogP contribution in [0.1, 0.15) is 23.4 Å². The second-order valence-electron chi connectivity index (χ2n) is 6.69. The average molecular weight is 402 g/mol. The third-order valence-electron chi connectivity index (χ3n) is 4.56. The molecule has 0 unspecified atom stereocenters. The molecular weight excluding hydrogens is 382 g/mol. The Hall–Kier alpha value is -2.38. The van der Waals surface area contributed by atoms with Crippen molar-refractivity contribution in [2.75, 3.05) is 18.0 Å². The molecule has 1 aliphatic rings. The summed E-state index contributed by atoms with van der Waals surface area (Å²) in [7, 11) is 0. The van der Waals surface area contributed by atoms with Gasteiger partial charge in [0.15, 0.2) is 5.13 Å². The molecule has 3 aromatic rings. The SMILES string of the molecule is Cc1cc(CC(N)=O)nn1Cc1cc(Cl)cc2sc(N3CC=CCC3)nc12. The van der Waals surface area contributed by atoms with E-state index in [1.807, 2.05) is 29.8 Å². The second-order valence-corrected chi connectivity index (χ2v) is 8.14. The van der Waals surface area contributed by atoms with Gasteiger partial charge in [-0.3, -0.25) is 9.48 Å². The Bertz CT molecular complexity index is 1040. The van der Waals surface area contributed by atoms with E-state index in [-0.39, 0.29) is 12.3 Å². The summed E-state index contributed by atoms with van der Waals surface area (Å²) in [5.74, 6) is -0.385. The topological polar surface area (TPSA) is 77.0 Å². The monoisotopic (exact) mass is 401 g/mol. The number of hydrogen-bond donors (Lipinski definition) is 1. The Morgan fingerprint density at radius 3 is 2.93 bits per heavy atom. The maximum Gasteiger partial charge on any atom is 0.223 e. The van der Waals surface area contributed by atoms with Gasteiger partial charge in [0.25, 0.3) is 0 Å². The number of aromatic nitrogens is 3. The molecule has 140 valence electrons. The van der Waals surface area contributed by atoms with Gasteiger partial charge in [0.05, 0.1) is 28.9 Å². The number of halogens is 1. The predicted octanol–water partition coefficient (Wildman–Crippen LogP) is 3.30. The number of aryl methyl sites for hydroxylation is 1. The molecule has 6 nitrogen and oxygen atoms in total. The van der Waals surface area contributed by atoms with Crippen molar-refractivity contribution in [2.24, 2.45) is 5.73 Å². The lowest BCUT2D eigenvalue weighted by molar-refractivity contribution is -0.117. The first kappa shape index (κ1) is 18.0. The smallest absolute Gasteiger partial charge is 0.223 e. The summed E-state index contributed by atoms with van der Waals surface area (Å²) < 4.78 is 2.94. The maximum atomic E-state index is 11.2. The first-order chi connectivity index (χ1) is 13.0. The molecule has 0 bridgehead atoms. The van der Waals surface area contributed by atoms with E-state index in [1.54, 1.807) is 11.3 Å². The van der Waals surface area contributed by atoms with Crippen molar-refractivity contribution < 1.29 is 4.79 Å². The number of nitrogens with two attached hydrogens (primary N) is 1. The largest absolute Gasteiger partial charge is 0.369 e. The molecule has 0 aliphatic carbocycles. The van der Waals surface area contributed by atoms with Crippen LogP contribution in [0.15, 0.2) is 30.4 Å². The minimum Gasteiger partial charge on any atom is -0.369 e. The third kappa shape index (κ3) is 3.84. The van der Waals surface area contributed by atoms with E-state index in [9.17, 15) is 4.79 Å². The molecule has 1 aliphatic heterocycles.